The summed E-state index contributed by atoms with van der Waals surface area (Å²) in [6.45, 7) is 6.36. The summed E-state index contributed by atoms with van der Waals surface area (Å²) < 4.78 is 2.23. The molecule has 0 unspecified atom stereocenters. The van der Waals surface area contributed by atoms with Crippen molar-refractivity contribution in [3.8, 4) is 0 Å². The molecule has 0 bridgehead atoms. The van der Waals surface area contributed by atoms with E-state index in [4.69, 9.17) is 4.98 Å². The minimum Gasteiger partial charge on any atom is -0.309 e. The van der Waals surface area contributed by atoms with Gasteiger partial charge in [-0.25, -0.2) is 4.98 Å². The highest BCUT2D eigenvalue weighted by Crippen LogP contribution is 2.42. The zero-order valence-corrected chi connectivity index (χ0v) is 17.4. The van der Waals surface area contributed by atoms with Crippen LogP contribution in [-0.2, 0) is 12.8 Å². The zero-order valence-electron chi connectivity index (χ0n) is 15.8. The number of nitrogens with zero attached hydrogens (tertiary/aromatic N) is 4. The van der Waals surface area contributed by atoms with E-state index in [1.807, 2.05) is 6.92 Å². The van der Waals surface area contributed by atoms with Crippen LogP contribution in [0.3, 0.4) is 0 Å². The molecule has 3 aromatic rings. The Bertz CT molecular complexity index is 1080. The van der Waals surface area contributed by atoms with E-state index >= 15 is 0 Å². The van der Waals surface area contributed by atoms with Gasteiger partial charge in [0.05, 0.1) is 10.6 Å². The lowest BCUT2D eigenvalue weighted by molar-refractivity contribution is 0.509. The number of thiophene rings is 1. The fourth-order valence-corrected chi connectivity index (χ4v) is 6.37. The first-order valence-corrected chi connectivity index (χ1v) is 11.3. The Labute approximate surface area is 165 Å². The lowest BCUT2D eigenvalue weighted by Crippen LogP contribution is -2.15. The molecular formula is C19H23N5OS2. The number of H-pyrrole nitrogens is 1. The van der Waals surface area contributed by atoms with E-state index in [1.54, 1.807) is 23.1 Å². The van der Waals surface area contributed by atoms with Gasteiger partial charge in [0.2, 0.25) is 0 Å². The maximum atomic E-state index is 12.8. The van der Waals surface area contributed by atoms with Crippen molar-refractivity contribution in [1.82, 2.24) is 24.7 Å². The van der Waals surface area contributed by atoms with Crippen molar-refractivity contribution < 1.29 is 0 Å². The van der Waals surface area contributed by atoms with Gasteiger partial charge in [-0.2, -0.15) is 0 Å². The van der Waals surface area contributed by atoms with Crippen molar-refractivity contribution in [3.05, 3.63) is 32.4 Å². The van der Waals surface area contributed by atoms with E-state index in [0.29, 0.717) is 12.0 Å². The van der Waals surface area contributed by atoms with Crippen LogP contribution in [0.25, 0.3) is 10.2 Å². The number of fused-ring (bicyclic) bond motifs is 3. The molecule has 0 aromatic carbocycles. The maximum absolute atomic E-state index is 12.8. The van der Waals surface area contributed by atoms with Gasteiger partial charge in [0.15, 0.2) is 5.16 Å². The van der Waals surface area contributed by atoms with Crippen molar-refractivity contribution >= 4 is 33.3 Å². The largest absolute Gasteiger partial charge is 0.309 e. The number of thioether (sulfide) groups is 1. The van der Waals surface area contributed by atoms with E-state index < -0.39 is 0 Å². The highest BCUT2D eigenvalue weighted by atomic mass is 32.2. The fraction of sp³-hybridized carbons (Fsp3) is 0.579. The maximum Gasteiger partial charge on any atom is 0.259 e. The molecule has 2 aliphatic carbocycles. The van der Waals surface area contributed by atoms with Gasteiger partial charge in [-0.3, -0.25) is 4.79 Å². The van der Waals surface area contributed by atoms with Crippen molar-refractivity contribution in [2.75, 3.05) is 0 Å². The lowest BCUT2D eigenvalue weighted by atomic mass is 9.89. The molecule has 1 saturated carbocycles. The molecule has 3 aromatic heterocycles. The molecule has 0 radical (unpaired) electrons. The molecule has 0 spiro atoms. The van der Waals surface area contributed by atoms with Gasteiger partial charge in [-0.05, 0) is 57.4 Å². The van der Waals surface area contributed by atoms with E-state index in [-0.39, 0.29) is 10.8 Å². The number of rotatable bonds is 4. The lowest BCUT2D eigenvalue weighted by Gasteiger charge is -2.17. The molecular weight excluding hydrogens is 378 g/mol. The Balaban J connectivity index is 1.49. The fourth-order valence-electron chi connectivity index (χ4n) is 3.96. The first-order valence-electron chi connectivity index (χ1n) is 9.64. The van der Waals surface area contributed by atoms with Crippen molar-refractivity contribution in [3.63, 3.8) is 0 Å². The van der Waals surface area contributed by atoms with Gasteiger partial charge in [0, 0.05) is 10.9 Å². The van der Waals surface area contributed by atoms with Gasteiger partial charge in [0.1, 0.15) is 16.5 Å². The molecule has 142 valence electrons. The van der Waals surface area contributed by atoms with Crippen LogP contribution in [-0.4, -0.2) is 24.7 Å². The highest BCUT2D eigenvalue weighted by molar-refractivity contribution is 7.99. The number of hydrogen-bond acceptors (Lipinski definition) is 6. The molecule has 6 nitrogen and oxygen atoms in total. The summed E-state index contributed by atoms with van der Waals surface area (Å²) in [7, 11) is 0. The summed E-state index contributed by atoms with van der Waals surface area (Å²) in [5.41, 5.74) is 1.24. The number of aromatic amines is 1. The van der Waals surface area contributed by atoms with Crippen LogP contribution in [0.4, 0.5) is 0 Å². The normalized spacial score (nSPS) is 20.8. The smallest absolute Gasteiger partial charge is 0.259 e. The SMILES string of the molecule is Cc1nnc(S[C@H](C)c2nc3sc4c(c3c(=O)[nH]2)CC[C@@H](C)C4)n1C1CC1. The van der Waals surface area contributed by atoms with E-state index in [9.17, 15) is 4.79 Å². The van der Waals surface area contributed by atoms with Crippen LogP contribution in [0.1, 0.15) is 66.5 Å². The Kier molecular flexibility index (Phi) is 4.16. The Hall–Kier alpha value is -1.67. The minimum absolute atomic E-state index is 0.00865. The van der Waals surface area contributed by atoms with Crippen LogP contribution in [0.2, 0.25) is 0 Å². The number of nitrogens with one attached hydrogen (secondary N) is 1. The highest BCUT2D eigenvalue weighted by Gasteiger charge is 2.30. The summed E-state index contributed by atoms with van der Waals surface area (Å²) in [4.78, 5) is 23.0. The van der Waals surface area contributed by atoms with E-state index in [0.717, 1.165) is 46.3 Å². The summed E-state index contributed by atoms with van der Waals surface area (Å²) >= 11 is 3.33. The Morgan fingerprint density at radius 1 is 1.30 bits per heavy atom. The van der Waals surface area contributed by atoms with Gasteiger partial charge in [0.25, 0.3) is 5.56 Å². The topological polar surface area (TPSA) is 76.5 Å². The Morgan fingerprint density at radius 2 is 2.11 bits per heavy atom. The molecule has 2 atom stereocenters. The third kappa shape index (κ3) is 3.02. The quantitative estimate of drug-likeness (QED) is 0.663. The summed E-state index contributed by atoms with van der Waals surface area (Å²) in [6, 6.07) is 0.537. The molecule has 1 fully saturated rings. The second-order valence-corrected chi connectivity index (χ2v) is 10.3. The molecule has 1 N–H and O–H groups in total. The third-order valence-electron chi connectivity index (χ3n) is 5.60. The molecule has 5 rings (SSSR count). The zero-order chi connectivity index (χ0) is 18.7. The van der Waals surface area contributed by atoms with Crippen LogP contribution < -0.4 is 5.56 Å². The van der Waals surface area contributed by atoms with Gasteiger partial charge < -0.3 is 9.55 Å². The number of aryl methyl sites for hydroxylation is 2. The summed E-state index contributed by atoms with van der Waals surface area (Å²) in [6.07, 6.45) is 5.61. The van der Waals surface area contributed by atoms with E-state index in [1.165, 1.54) is 23.3 Å². The van der Waals surface area contributed by atoms with Crippen molar-refractivity contribution in [1.29, 1.82) is 0 Å². The van der Waals surface area contributed by atoms with Gasteiger partial charge in [-0.1, -0.05) is 18.7 Å². The van der Waals surface area contributed by atoms with Crippen LogP contribution >= 0.6 is 23.1 Å². The molecule has 2 aliphatic rings. The summed E-state index contributed by atoms with van der Waals surface area (Å²) in [5, 5.41) is 10.3. The van der Waals surface area contributed by atoms with E-state index in [2.05, 4.69) is 33.6 Å². The van der Waals surface area contributed by atoms with Gasteiger partial charge >= 0.3 is 0 Å². The Morgan fingerprint density at radius 3 is 2.89 bits per heavy atom. The molecule has 0 aliphatic heterocycles. The third-order valence-corrected chi connectivity index (χ3v) is 7.81. The molecule has 0 saturated heterocycles. The molecule has 3 heterocycles. The monoisotopic (exact) mass is 401 g/mol. The summed E-state index contributed by atoms with van der Waals surface area (Å²) in [5.74, 6) is 2.38. The average molecular weight is 402 g/mol. The van der Waals surface area contributed by atoms with Gasteiger partial charge in [-0.15, -0.1) is 21.5 Å². The van der Waals surface area contributed by atoms with Crippen molar-refractivity contribution in [2.24, 2.45) is 5.92 Å². The number of aromatic nitrogens is 5. The molecule has 8 heteroatoms. The predicted octanol–water partition coefficient (Wildman–Crippen LogP) is 4.20. The first-order chi connectivity index (χ1) is 13.0. The van der Waals surface area contributed by atoms with Crippen LogP contribution in [0.15, 0.2) is 9.95 Å². The standard InChI is InChI=1S/C19H23N5OS2/c1-9-4-7-13-14(8-9)27-18-15(13)17(25)20-16(21-18)10(2)26-19-23-22-11(3)24(19)12-5-6-12/h9-10,12H,4-8H2,1-3H3,(H,20,21,25)/t9-,10-/m1/s1. The van der Waals surface area contributed by atoms with Crippen LogP contribution in [0, 0.1) is 12.8 Å². The van der Waals surface area contributed by atoms with Crippen molar-refractivity contribution in [2.45, 2.75) is 69.3 Å². The van der Waals surface area contributed by atoms with Crippen LogP contribution in [0.5, 0.6) is 0 Å². The molecule has 0 amide bonds. The molecule has 27 heavy (non-hydrogen) atoms. The second-order valence-electron chi connectivity index (χ2n) is 7.87. The first kappa shape index (κ1) is 17.4. The minimum atomic E-state index is 0.00865. The second kappa shape index (κ2) is 6.44. The number of hydrogen-bond donors (Lipinski definition) is 1. The average Bonchev–Trinajstić information content (AvgIpc) is 3.29. The predicted molar refractivity (Wildman–Crippen MR) is 109 cm³/mol.